The van der Waals surface area contributed by atoms with Gasteiger partial charge >= 0.3 is 6.18 Å². The molecular formula is C24H25F3N4OS. The van der Waals surface area contributed by atoms with Crippen LogP contribution >= 0.6 is 12.2 Å². The summed E-state index contributed by atoms with van der Waals surface area (Å²) in [5.41, 5.74) is 3.30. The largest absolute Gasteiger partial charge is 0.416 e. The monoisotopic (exact) mass is 474 g/mol. The Morgan fingerprint density at radius 1 is 1.12 bits per heavy atom. The number of aromatic nitrogens is 2. The fraction of sp³-hybridized carbons (Fsp3) is 0.333. The second-order valence-corrected chi connectivity index (χ2v) is 8.41. The molecule has 2 atom stereocenters. The highest BCUT2D eigenvalue weighted by atomic mass is 32.1. The third-order valence-corrected chi connectivity index (χ3v) is 6.31. The third kappa shape index (κ3) is 4.47. The zero-order chi connectivity index (χ0) is 23.8. The van der Waals surface area contributed by atoms with Gasteiger partial charge in [0, 0.05) is 36.9 Å². The van der Waals surface area contributed by atoms with Crippen LogP contribution in [0.3, 0.4) is 0 Å². The smallest absolute Gasteiger partial charge is 0.383 e. The lowest BCUT2D eigenvalue weighted by molar-refractivity contribution is -0.137. The van der Waals surface area contributed by atoms with Crippen LogP contribution in [0, 0.1) is 13.8 Å². The van der Waals surface area contributed by atoms with Crippen LogP contribution < -0.4 is 5.32 Å². The van der Waals surface area contributed by atoms with Crippen LogP contribution in [0.5, 0.6) is 0 Å². The maximum Gasteiger partial charge on any atom is 0.416 e. The SMILES string of the molecule is COCCN1C(=S)N[C@@H](c2ccccn2)[C@@H]1c1cc(C)n(-c2cccc(C(F)(F)F)c2)c1C. The molecule has 0 saturated carbocycles. The number of hydrogen-bond donors (Lipinski definition) is 1. The lowest BCUT2D eigenvalue weighted by Crippen LogP contribution is -2.32. The fourth-order valence-electron chi connectivity index (χ4n) is 4.48. The maximum absolute atomic E-state index is 13.3. The van der Waals surface area contributed by atoms with Gasteiger partial charge in [-0.1, -0.05) is 12.1 Å². The molecule has 1 N–H and O–H groups in total. The third-order valence-electron chi connectivity index (χ3n) is 5.95. The lowest BCUT2D eigenvalue weighted by atomic mass is 9.97. The van der Waals surface area contributed by atoms with Crippen molar-refractivity contribution in [2.45, 2.75) is 32.1 Å². The van der Waals surface area contributed by atoms with Gasteiger partial charge in [-0.05, 0) is 68.0 Å². The molecule has 9 heteroatoms. The second kappa shape index (κ2) is 9.15. The molecule has 2 aromatic heterocycles. The number of alkyl halides is 3. The normalized spacial score (nSPS) is 18.6. The Bertz CT molecular complexity index is 1150. The van der Waals surface area contributed by atoms with Crippen LogP contribution in [-0.2, 0) is 10.9 Å². The van der Waals surface area contributed by atoms with Crippen LogP contribution in [0.1, 0.15) is 40.3 Å². The first kappa shape index (κ1) is 23.3. The van der Waals surface area contributed by atoms with Gasteiger partial charge in [-0.2, -0.15) is 13.2 Å². The number of halogens is 3. The van der Waals surface area contributed by atoms with Crippen molar-refractivity contribution in [1.29, 1.82) is 0 Å². The molecule has 1 saturated heterocycles. The summed E-state index contributed by atoms with van der Waals surface area (Å²) in [4.78, 5) is 6.60. The Kier molecular flexibility index (Phi) is 6.45. The zero-order valence-electron chi connectivity index (χ0n) is 18.6. The van der Waals surface area contributed by atoms with E-state index < -0.39 is 11.7 Å². The van der Waals surface area contributed by atoms with E-state index in [1.54, 1.807) is 19.4 Å². The van der Waals surface area contributed by atoms with Gasteiger partial charge in [-0.3, -0.25) is 4.98 Å². The number of methoxy groups -OCH3 is 1. The summed E-state index contributed by atoms with van der Waals surface area (Å²) in [5, 5.41) is 3.98. The quantitative estimate of drug-likeness (QED) is 0.502. The van der Waals surface area contributed by atoms with Crippen molar-refractivity contribution in [1.82, 2.24) is 19.8 Å². The van der Waals surface area contributed by atoms with Gasteiger partial charge in [-0.15, -0.1) is 0 Å². The first-order valence-corrected chi connectivity index (χ1v) is 11.0. The first-order chi connectivity index (χ1) is 15.7. The molecule has 0 bridgehead atoms. The number of nitrogens with zero attached hydrogens (tertiary/aromatic N) is 3. The minimum Gasteiger partial charge on any atom is -0.383 e. The van der Waals surface area contributed by atoms with Crippen molar-refractivity contribution in [2.24, 2.45) is 0 Å². The molecule has 0 radical (unpaired) electrons. The van der Waals surface area contributed by atoms with Crippen molar-refractivity contribution in [3.8, 4) is 5.69 Å². The molecule has 1 aliphatic heterocycles. The first-order valence-electron chi connectivity index (χ1n) is 10.6. The van der Waals surface area contributed by atoms with Crippen LogP contribution in [0.15, 0.2) is 54.7 Å². The van der Waals surface area contributed by atoms with Crippen LogP contribution in [0.2, 0.25) is 0 Å². The van der Waals surface area contributed by atoms with Gasteiger partial charge in [0.25, 0.3) is 0 Å². The van der Waals surface area contributed by atoms with Crippen molar-refractivity contribution >= 4 is 17.3 Å². The highest BCUT2D eigenvalue weighted by Crippen LogP contribution is 2.41. The molecule has 0 amide bonds. The summed E-state index contributed by atoms with van der Waals surface area (Å²) in [6.07, 6.45) is -2.67. The average molecular weight is 475 g/mol. The Labute approximate surface area is 196 Å². The molecule has 5 nitrogen and oxygen atoms in total. The van der Waals surface area contributed by atoms with Gasteiger partial charge in [0.2, 0.25) is 0 Å². The van der Waals surface area contributed by atoms with Crippen LogP contribution in [0.25, 0.3) is 5.69 Å². The van der Waals surface area contributed by atoms with Crippen molar-refractivity contribution in [3.05, 3.63) is 82.9 Å². The van der Waals surface area contributed by atoms with E-state index in [9.17, 15) is 13.2 Å². The number of thiocarbonyl (C=S) groups is 1. The minimum absolute atomic E-state index is 0.187. The van der Waals surface area contributed by atoms with Crippen molar-refractivity contribution in [3.63, 3.8) is 0 Å². The van der Waals surface area contributed by atoms with Gasteiger partial charge in [0.15, 0.2) is 5.11 Å². The lowest BCUT2D eigenvalue weighted by Gasteiger charge is -2.28. The maximum atomic E-state index is 13.3. The molecule has 1 aromatic carbocycles. The van der Waals surface area contributed by atoms with E-state index in [-0.39, 0.29) is 12.1 Å². The number of aryl methyl sites for hydroxylation is 1. The Morgan fingerprint density at radius 3 is 2.58 bits per heavy atom. The minimum atomic E-state index is -4.41. The van der Waals surface area contributed by atoms with E-state index in [4.69, 9.17) is 17.0 Å². The zero-order valence-corrected chi connectivity index (χ0v) is 19.4. The van der Waals surface area contributed by atoms with Gasteiger partial charge in [0.1, 0.15) is 0 Å². The summed E-state index contributed by atoms with van der Waals surface area (Å²) >= 11 is 5.64. The predicted octanol–water partition coefficient (Wildman–Crippen LogP) is 5.13. The van der Waals surface area contributed by atoms with E-state index in [0.717, 1.165) is 28.7 Å². The molecule has 1 aliphatic rings. The molecule has 174 valence electrons. The van der Waals surface area contributed by atoms with Gasteiger partial charge in [-0.25, -0.2) is 0 Å². The van der Waals surface area contributed by atoms with Crippen molar-refractivity contribution in [2.75, 3.05) is 20.3 Å². The Balaban J connectivity index is 1.81. The number of benzene rings is 1. The molecule has 33 heavy (non-hydrogen) atoms. The summed E-state index contributed by atoms with van der Waals surface area (Å²) in [7, 11) is 1.64. The number of rotatable bonds is 6. The van der Waals surface area contributed by atoms with E-state index >= 15 is 0 Å². The summed E-state index contributed by atoms with van der Waals surface area (Å²) in [6.45, 7) is 4.88. The summed E-state index contributed by atoms with van der Waals surface area (Å²) in [6, 6.07) is 12.7. The standard InChI is InChI=1S/C24H25F3N4OS/c1-15-13-19(16(2)31(15)18-8-6-7-17(14-18)24(25,26)27)22-21(20-9-4-5-10-28-20)29-23(33)30(22)11-12-32-3/h4-10,13-14,21-22H,11-12H2,1-3H3,(H,29,33)/t21-,22-/m0/s1. The molecular weight excluding hydrogens is 449 g/mol. The molecule has 0 unspecified atom stereocenters. The molecule has 3 heterocycles. The Morgan fingerprint density at radius 2 is 1.91 bits per heavy atom. The van der Waals surface area contributed by atoms with Crippen molar-refractivity contribution < 1.29 is 17.9 Å². The predicted molar refractivity (Wildman–Crippen MR) is 124 cm³/mol. The van der Waals surface area contributed by atoms with Crippen LogP contribution in [0.4, 0.5) is 13.2 Å². The number of hydrogen-bond acceptors (Lipinski definition) is 3. The van der Waals surface area contributed by atoms with Gasteiger partial charge in [0.05, 0.1) is 29.9 Å². The van der Waals surface area contributed by atoms with E-state index in [1.165, 1.54) is 12.1 Å². The highest BCUT2D eigenvalue weighted by molar-refractivity contribution is 7.80. The van der Waals surface area contributed by atoms with Gasteiger partial charge < -0.3 is 19.5 Å². The Hall–Kier alpha value is -2.91. The van der Waals surface area contributed by atoms with E-state index in [2.05, 4.69) is 15.2 Å². The second-order valence-electron chi connectivity index (χ2n) is 8.02. The molecule has 4 rings (SSSR count). The molecule has 0 spiro atoms. The highest BCUT2D eigenvalue weighted by Gasteiger charge is 2.41. The van der Waals surface area contributed by atoms with Crippen LogP contribution in [-0.4, -0.2) is 39.8 Å². The average Bonchev–Trinajstić information content (AvgIpc) is 3.27. The number of pyridine rings is 1. The van der Waals surface area contributed by atoms with E-state index in [0.29, 0.717) is 24.0 Å². The molecule has 1 fully saturated rings. The number of ether oxygens (including phenoxy) is 1. The topological polar surface area (TPSA) is 42.3 Å². The molecule has 0 aliphatic carbocycles. The van der Waals surface area contributed by atoms with E-state index in [1.807, 2.05) is 42.7 Å². The summed E-state index contributed by atoms with van der Waals surface area (Å²) in [5.74, 6) is 0. The summed E-state index contributed by atoms with van der Waals surface area (Å²) < 4.78 is 47.1. The fourth-order valence-corrected chi connectivity index (χ4v) is 4.81. The number of nitrogens with one attached hydrogen (secondary N) is 1. The molecule has 3 aromatic rings.